The number of rotatable bonds is 2. The van der Waals surface area contributed by atoms with Crippen LogP contribution in [0, 0.1) is 0 Å². The van der Waals surface area contributed by atoms with Crippen molar-refractivity contribution in [1.29, 1.82) is 0 Å². The lowest BCUT2D eigenvalue weighted by atomic mass is 10.1. The maximum absolute atomic E-state index is 11.2. The van der Waals surface area contributed by atoms with Crippen LogP contribution in [0.1, 0.15) is 10.4 Å². The fourth-order valence-corrected chi connectivity index (χ4v) is 2.37. The summed E-state index contributed by atoms with van der Waals surface area (Å²) < 4.78 is 5.35. The second-order valence-electron chi connectivity index (χ2n) is 4.16. The van der Waals surface area contributed by atoms with Gasteiger partial charge in [0.05, 0.1) is 18.9 Å². The minimum absolute atomic E-state index is 0.721. The average Bonchev–Trinajstić information content (AvgIpc) is 2.86. The molecule has 4 nitrogen and oxygen atoms in total. The van der Waals surface area contributed by atoms with E-state index in [0.29, 0.717) is 0 Å². The third-order valence-corrected chi connectivity index (χ3v) is 3.19. The first kappa shape index (κ1) is 10.4. The summed E-state index contributed by atoms with van der Waals surface area (Å²) >= 11 is 0. The van der Waals surface area contributed by atoms with Crippen LogP contribution in [0.25, 0.3) is 10.9 Å². The lowest BCUT2D eigenvalue weighted by Gasteiger charge is -2.30. The van der Waals surface area contributed by atoms with Crippen molar-refractivity contribution < 1.29 is 9.53 Å². The number of morpholine rings is 1. The fraction of sp³-hybridized carbons (Fsp3) is 0.308. The molecule has 4 heteroatoms. The van der Waals surface area contributed by atoms with Crippen LogP contribution in [0.4, 0.5) is 5.69 Å². The van der Waals surface area contributed by atoms with Crippen LogP contribution < -0.4 is 4.90 Å². The number of aromatic nitrogens is 1. The second kappa shape index (κ2) is 4.22. The molecule has 0 atom stereocenters. The van der Waals surface area contributed by atoms with E-state index < -0.39 is 0 Å². The van der Waals surface area contributed by atoms with E-state index in [0.717, 1.165) is 54.7 Å². The van der Waals surface area contributed by atoms with Crippen LogP contribution >= 0.6 is 0 Å². The smallest absolute Gasteiger partial charge is 0.152 e. The Labute approximate surface area is 99.2 Å². The minimum atomic E-state index is 0.721. The lowest BCUT2D eigenvalue weighted by Crippen LogP contribution is -2.36. The number of aromatic amines is 1. The van der Waals surface area contributed by atoms with Gasteiger partial charge in [-0.25, -0.2) is 0 Å². The quantitative estimate of drug-likeness (QED) is 0.800. The molecule has 0 amide bonds. The molecule has 3 rings (SSSR count). The van der Waals surface area contributed by atoms with Gasteiger partial charge in [-0.05, 0) is 18.2 Å². The molecule has 0 bridgehead atoms. The fourth-order valence-electron chi connectivity index (χ4n) is 2.37. The molecule has 1 aromatic carbocycles. The number of anilines is 1. The van der Waals surface area contributed by atoms with Crippen molar-refractivity contribution >= 4 is 22.9 Å². The Hall–Kier alpha value is -1.81. The highest BCUT2D eigenvalue weighted by atomic mass is 16.5. The number of nitrogens with zero attached hydrogens (tertiary/aromatic N) is 1. The summed E-state index contributed by atoms with van der Waals surface area (Å²) in [6, 6.07) is 5.84. The molecule has 1 aliphatic rings. The molecular weight excluding hydrogens is 216 g/mol. The van der Waals surface area contributed by atoms with Gasteiger partial charge in [-0.2, -0.15) is 0 Å². The first-order valence-corrected chi connectivity index (χ1v) is 5.78. The summed E-state index contributed by atoms with van der Waals surface area (Å²) in [6.45, 7) is 3.12. The molecule has 1 N–H and O–H groups in total. The third-order valence-electron chi connectivity index (χ3n) is 3.19. The Bertz CT molecular complexity index is 541. The summed E-state index contributed by atoms with van der Waals surface area (Å²) in [5.74, 6) is 0. The van der Waals surface area contributed by atoms with Gasteiger partial charge in [-0.15, -0.1) is 0 Å². The SMILES string of the molecule is O=Cc1ccc2[nH]ccc2c1N1CCOCC1. The third kappa shape index (κ3) is 1.70. The molecule has 0 aliphatic carbocycles. The van der Waals surface area contributed by atoms with Crippen molar-refractivity contribution in [2.75, 3.05) is 31.2 Å². The topological polar surface area (TPSA) is 45.3 Å². The number of carbonyl (C=O) groups is 1. The summed E-state index contributed by atoms with van der Waals surface area (Å²) in [5, 5.41) is 1.11. The maximum atomic E-state index is 11.2. The van der Waals surface area contributed by atoms with Crippen molar-refractivity contribution in [1.82, 2.24) is 4.98 Å². The highest BCUT2D eigenvalue weighted by molar-refractivity contribution is 6.01. The van der Waals surface area contributed by atoms with Crippen LogP contribution in [-0.4, -0.2) is 37.6 Å². The summed E-state index contributed by atoms with van der Waals surface area (Å²) in [5.41, 5.74) is 2.85. The van der Waals surface area contributed by atoms with Gasteiger partial charge in [-0.3, -0.25) is 4.79 Å². The number of ether oxygens (including phenoxy) is 1. The highest BCUT2D eigenvalue weighted by Gasteiger charge is 2.17. The van der Waals surface area contributed by atoms with Gasteiger partial charge >= 0.3 is 0 Å². The summed E-state index contributed by atoms with van der Waals surface area (Å²) in [7, 11) is 0. The van der Waals surface area contributed by atoms with Gasteiger partial charge in [0.25, 0.3) is 0 Å². The number of H-pyrrole nitrogens is 1. The van der Waals surface area contributed by atoms with Gasteiger partial charge in [0.1, 0.15) is 0 Å². The predicted molar refractivity (Wildman–Crippen MR) is 66.7 cm³/mol. The summed E-state index contributed by atoms with van der Waals surface area (Å²) in [6.07, 6.45) is 2.83. The van der Waals surface area contributed by atoms with Gasteiger partial charge in [0.15, 0.2) is 6.29 Å². The zero-order valence-corrected chi connectivity index (χ0v) is 9.48. The molecule has 1 saturated heterocycles. The van der Waals surface area contributed by atoms with Crippen molar-refractivity contribution in [3.63, 3.8) is 0 Å². The van der Waals surface area contributed by atoms with Gasteiger partial charge in [0, 0.05) is 35.8 Å². The van der Waals surface area contributed by atoms with Crippen LogP contribution in [0.2, 0.25) is 0 Å². The standard InChI is InChI=1S/C13H14N2O2/c16-9-10-1-2-12-11(3-4-14-12)13(10)15-5-7-17-8-6-15/h1-4,9,14H,5-8H2. The minimum Gasteiger partial charge on any atom is -0.378 e. The normalized spacial score (nSPS) is 16.4. The Morgan fingerprint density at radius 1 is 1.24 bits per heavy atom. The molecule has 0 saturated carbocycles. The Morgan fingerprint density at radius 2 is 2.06 bits per heavy atom. The predicted octanol–water partition coefficient (Wildman–Crippen LogP) is 1.82. The molecule has 2 heterocycles. The molecular formula is C13H14N2O2. The van der Waals surface area contributed by atoms with Crippen molar-refractivity contribution in [3.05, 3.63) is 30.0 Å². The van der Waals surface area contributed by atoms with Crippen LogP contribution in [0.5, 0.6) is 0 Å². The van der Waals surface area contributed by atoms with Crippen LogP contribution in [-0.2, 0) is 4.74 Å². The van der Waals surface area contributed by atoms with E-state index in [9.17, 15) is 4.79 Å². The van der Waals surface area contributed by atoms with E-state index in [1.54, 1.807) is 0 Å². The number of aldehydes is 1. The lowest BCUT2D eigenvalue weighted by molar-refractivity contribution is 0.111. The molecule has 17 heavy (non-hydrogen) atoms. The van der Waals surface area contributed by atoms with Crippen LogP contribution in [0.15, 0.2) is 24.4 Å². The molecule has 88 valence electrons. The van der Waals surface area contributed by atoms with Crippen LogP contribution in [0.3, 0.4) is 0 Å². The van der Waals surface area contributed by atoms with Crippen molar-refractivity contribution in [3.8, 4) is 0 Å². The van der Waals surface area contributed by atoms with E-state index in [1.807, 2.05) is 24.4 Å². The maximum Gasteiger partial charge on any atom is 0.152 e. The second-order valence-corrected chi connectivity index (χ2v) is 4.16. The number of hydrogen-bond acceptors (Lipinski definition) is 3. The first-order chi connectivity index (χ1) is 8.40. The molecule has 0 spiro atoms. The number of fused-ring (bicyclic) bond motifs is 1. The molecule has 2 aromatic rings. The molecule has 0 radical (unpaired) electrons. The van der Waals surface area contributed by atoms with Gasteiger partial charge < -0.3 is 14.6 Å². The largest absolute Gasteiger partial charge is 0.378 e. The highest BCUT2D eigenvalue weighted by Crippen LogP contribution is 2.30. The average molecular weight is 230 g/mol. The van der Waals surface area contributed by atoms with E-state index in [-0.39, 0.29) is 0 Å². The number of hydrogen-bond donors (Lipinski definition) is 1. The van der Waals surface area contributed by atoms with Crippen molar-refractivity contribution in [2.24, 2.45) is 0 Å². The molecule has 1 aromatic heterocycles. The van der Waals surface area contributed by atoms with Gasteiger partial charge in [-0.1, -0.05) is 0 Å². The molecule has 1 aliphatic heterocycles. The van der Waals surface area contributed by atoms with E-state index in [4.69, 9.17) is 4.74 Å². The van der Waals surface area contributed by atoms with Gasteiger partial charge in [0.2, 0.25) is 0 Å². The Morgan fingerprint density at radius 3 is 2.82 bits per heavy atom. The van der Waals surface area contributed by atoms with E-state index in [1.165, 1.54) is 0 Å². The zero-order chi connectivity index (χ0) is 11.7. The number of carbonyl (C=O) groups excluding carboxylic acids is 1. The summed E-state index contributed by atoms with van der Waals surface area (Å²) in [4.78, 5) is 16.6. The Balaban J connectivity index is 2.16. The number of benzene rings is 1. The zero-order valence-electron chi connectivity index (χ0n) is 9.48. The molecule has 1 fully saturated rings. The molecule has 0 unspecified atom stereocenters. The Kier molecular flexibility index (Phi) is 2.57. The van der Waals surface area contributed by atoms with E-state index >= 15 is 0 Å². The number of nitrogens with one attached hydrogen (secondary N) is 1. The van der Waals surface area contributed by atoms with Crippen molar-refractivity contribution in [2.45, 2.75) is 0 Å². The van der Waals surface area contributed by atoms with E-state index in [2.05, 4.69) is 9.88 Å². The monoisotopic (exact) mass is 230 g/mol. The first-order valence-electron chi connectivity index (χ1n) is 5.78.